The second kappa shape index (κ2) is 7.20. The van der Waals surface area contributed by atoms with Gasteiger partial charge in [0, 0.05) is 24.4 Å². The van der Waals surface area contributed by atoms with Crippen molar-refractivity contribution in [3.63, 3.8) is 0 Å². The molecule has 2 rings (SSSR count). The number of para-hydroxylation sites is 1. The molecule has 3 unspecified atom stereocenters. The van der Waals surface area contributed by atoms with Crippen molar-refractivity contribution < 1.29 is 19.1 Å². The van der Waals surface area contributed by atoms with Crippen molar-refractivity contribution in [3.05, 3.63) is 33.9 Å². The molecule has 1 fully saturated rings. The molecule has 0 saturated heterocycles. The maximum absolute atomic E-state index is 11.1. The van der Waals surface area contributed by atoms with Crippen LogP contribution in [0.2, 0.25) is 0 Å². The summed E-state index contributed by atoms with van der Waals surface area (Å²) >= 11 is 3.52. The van der Waals surface area contributed by atoms with E-state index >= 15 is 0 Å². The number of nitrogens with zero attached hydrogens (tertiary/aromatic N) is 1. The zero-order valence-electron chi connectivity index (χ0n) is 12.0. The number of methoxy groups -OCH3 is 1. The fourth-order valence-corrected chi connectivity index (χ4v) is 3.07. The van der Waals surface area contributed by atoms with E-state index in [-0.39, 0.29) is 22.7 Å². The van der Waals surface area contributed by atoms with E-state index in [1.165, 1.54) is 6.07 Å². The number of benzene rings is 1. The Balaban J connectivity index is 2.06. The van der Waals surface area contributed by atoms with E-state index in [1.54, 1.807) is 26.2 Å². The number of ether oxygens (including phenoxy) is 3. The largest absolute Gasteiger partial charge is 0.480 e. The van der Waals surface area contributed by atoms with Crippen LogP contribution >= 0.6 is 15.9 Å². The third-order valence-corrected chi connectivity index (χ3v) is 4.33. The monoisotopic (exact) mass is 359 g/mol. The minimum atomic E-state index is -0.423. The lowest BCUT2D eigenvalue weighted by atomic mass is 9.91. The molecule has 1 aromatic carbocycles. The zero-order valence-corrected chi connectivity index (χ0v) is 13.5. The smallest absolute Gasteiger partial charge is 0.311 e. The molecule has 7 heteroatoms. The number of nitro groups is 1. The third-order valence-electron chi connectivity index (χ3n) is 3.44. The van der Waals surface area contributed by atoms with E-state index in [4.69, 9.17) is 14.2 Å². The first-order chi connectivity index (χ1) is 10.0. The Bertz CT molecular complexity index is 510. The predicted molar refractivity (Wildman–Crippen MR) is 81.2 cm³/mol. The fraction of sp³-hybridized carbons (Fsp3) is 0.571. The summed E-state index contributed by atoms with van der Waals surface area (Å²) in [6.45, 7) is 2.78. The number of halogens is 1. The first kappa shape index (κ1) is 16.2. The Labute approximate surface area is 131 Å². The van der Waals surface area contributed by atoms with Gasteiger partial charge in [-0.25, -0.2) is 0 Å². The van der Waals surface area contributed by atoms with E-state index in [9.17, 15) is 10.1 Å². The van der Waals surface area contributed by atoms with E-state index in [0.29, 0.717) is 19.0 Å². The molecule has 0 aromatic heterocycles. The molecule has 0 amide bonds. The van der Waals surface area contributed by atoms with Gasteiger partial charge < -0.3 is 14.2 Å². The number of hydrogen-bond acceptors (Lipinski definition) is 5. The summed E-state index contributed by atoms with van der Waals surface area (Å²) in [6, 6.07) is 4.90. The van der Waals surface area contributed by atoms with Crippen LogP contribution in [0.4, 0.5) is 5.69 Å². The molecule has 0 spiro atoms. The van der Waals surface area contributed by atoms with Crippen molar-refractivity contribution >= 4 is 21.6 Å². The molecule has 116 valence electrons. The minimum absolute atomic E-state index is 0.0105. The van der Waals surface area contributed by atoms with Crippen LogP contribution in [0.5, 0.6) is 5.75 Å². The second-order valence-electron chi connectivity index (χ2n) is 4.92. The predicted octanol–water partition coefficient (Wildman–Crippen LogP) is 2.85. The molecule has 1 saturated carbocycles. The number of hydrogen-bond donors (Lipinski definition) is 0. The summed E-state index contributed by atoms with van der Waals surface area (Å²) in [4.78, 5) is 10.9. The molecule has 21 heavy (non-hydrogen) atoms. The first-order valence-electron chi connectivity index (χ1n) is 6.70. The summed E-state index contributed by atoms with van der Waals surface area (Å²) in [7, 11) is 1.61. The molecular weight excluding hydrogens is 342 g/mol. The van der Waals surface area contributed by atoms with E-state index in [1.807, 2.05) is 0 Å². The molecule has 1 aliphatic rings. The summed E-state index contributed by atoms with van der Waals surface area (Å²) in [5, 5.41) is 11.1. The second-order valence-corrected chi connectivity index (χ2v) is 6.09. The Kier molecular flexibility index (Phi) is 5.55. The van der Waals surface area contributed by atoms with Crippen molar-refractivity contribution in [3.8, 4) is 5.75 Å². The van der Waals surface area contributed by atoms with Crippen LogP contribution in [0.25, 0.3) is 0 Å². The highest BCUT2D eigenvalue weighted by molar-refractivity contribution is 9.09. The number of rotatable bonds is 7. The van der Waals surface area contributed by atoms with Gasteiger partial charge in [0.15, 0.2) is 5.75 Å². The summed E-state index contributed by atoms with van der Waals surface area (Å²) in [6.07, 6.45) is 0.439. The lowest BCUT2D eigenvalue weighted by Gasteiger charge is -2.40. The molecule has 0 aliphatic heterocycles. The van der Waals surface area contributed by atoms with Crippen molar-refractivity contribution in [1.29, 1.82) is 0 Å². The Morgan fingerprint density at radius 3 is 2.81 bits per heavy atom. The highest BCUT2D eigenvalue weighted by Gasteiger charge is 2.43. The molecule has 6 nitrogen and oxygen atoms in total. The van der Waals surface area contributed by atoms with Crippen LogP contribution in [0.15, 0.2) is 18.2 Å². The summed E-state index contributed by atoms with van der Waals surface area (Å²) in [5.41, 5.74) is 0.738. The highest BCUT2D eigenvalue weighted by atomic mass is 79.9. The van der Waals surface area contributed by atoms with Gasteiger partial charge >= 0.3 is 5.69 Å². The van der Waals surface area contributed by atoms with Crippen LogP contribution in [-0.2, 0) is 9.47 Å². The maximum atomic E-state index is 11.1. The first-order valence-corrected chi connectivity index (χ1v) is 7.61. The Morgan fingerprint density at radius 1 is 1.43 bits per heavy atom. The van der Waals surface area contributed by atoms with Gasteiger partial charge in [-0.1, -0.05) is 28.1 Å². The average molecular weight is 360 g/mol. The Hall–Kier alpha value is -1.18. The lowest BCUT2D eigenvalue weighted by Crippen LogP contribution is -2.52. The van der Waals surface area contributed by atoms with E-state index in [0.717, 1.165) is 12.0 Å². The third kappa shape index (κ3) is 3.72. The van der Waals surface area contributed by atoms with Gasteiger partial charge in [0.25, 0.3) is 0 Å². The van der Waals surface area contributed by atoms with Gasteiger partial charge in [0.1, 0.15) is 12.2 Å². The number of aryl methyl sites for hydroxylation is 1. The number of alkyl halides is 1. The summed E-state index contributed by atoms with van der Waals surface area (Å²) < 4.78 is 16.5. The van der Waals surface area contributed by atoms with Gasteiger partial charge in [0.2, 0.25) is 0 Å². The number of nitro benzene ring substituents is 1. The fourth-order valence-electron chi connectivity index (χ4n) is 2.21. The maximum Gasteiger partial charge on any atom is 0.311 e. The van der Waals surface area contributed by atoms with Crippen molar-refractivity contribution in [2.45, 2.75) is 30.4 Å². The molecular formula is C14H18BrNO5. The van der Waals surface area contributed by atoms with Crippen LogP contribution in [0.3, 0.4) is 0 Å². The van der Waals surface area contributed by atoms with Crippen molar-refractivity contribution in [2.75, 3.05) is 20.3 Å². The molecule has 0 radical (unpaired) electrons. The Morgan fingerprint density at radius 2 is 2.19 bits per heavy atom. The molecule has 3 atom stereocenters. The molecule has 1 aromatic rings. The van der Waals surface area contributed by atoms with E-state index in [2.05, 4.69) is 15.9 Å². The van der Waals surface area contributed by atoms with Crippen LogP contribution in [0, 0.1) is 17.0 Å². The highest BCUT2D eigenvalue weighted by Crippen LogP contribution is 2.38. The van der Waals surface area contributed by atoms with Gasteiger partial charge in [0.05, 0.1) is 18.1 Å². The normalized spacial score (nSPS) is 24.4. The van der Waals surface area contributed by atoms with Gasteiger partial charge in [-0.2, -0.15) is 0 Å². The molecule has 0 N–H and O–H groups in total. The molecule has 1 aliphatic carbocycles. The molecule has 0 bridgehead atoms. The van der Waals surface area contributed by atoms with Crippen LogP contribution in [0.1, 0.15) is 12.0 Å². The van der Waals surface area contributed by atoms with Gasteiger partial charge in [-0.3, -0.25) is 10.1 Å². The van der Waals surface area contributed by atoms with Gasteiger partial charge in [-0.15, -0.1) is 0 Å². The average Bonchev–Trinajstić information content (AvgIpc) is 2.44. The van der Waals surface area contributed by atoms with Crippen molar-refractivity contribution in [2.24, 2.45) is 0 Å². The van der Waals surface area contributed by atoms with Crippen LogP contribution in [-0.4, -0.2) is 42.3 Å². The van der Waals surface area contributed by atoms with Crippen molar-refractivity contribution in [1.82, 2.24) is 0 Å². The summed E-state index contributed by atoms with van der Waals surface area (Å²) in [5.74, 6) is 0.326. The lowest BCUT2D eigenvalue weighted by molar-refractivity contribution is -0.386. The quantitative estimate of drug-likeness (QED) is 0.324. The van der Waals surface area contributed by atoms with E-state index < -0.39 is 4.92 Å². The molecule has 0 heterocycles. The minimum Gasteiger partial charge on any atom is -0.480 e. The standard InChI is InChI=1S/C14H18BrNO5/c1-9-4-3-5-11(16(17)18)13(9)21-12-8-10(15)14(12)20-7-6-19-2/h3-5,10,12,14H,6-8H2,1-2H3. The topological polar surface area (TPSA) is 70.8 Å². The zero-order chi connectivity index (χ0) is 15.4. The van der Waals surface area contributed by atoms with Crippen LogP contribution < -0.4 is 4.74 Å². The van der Waals surface area contributed by atoms with Gasteiger partial charge in [-0.05, 0) is 12.5 Å². The SMILES string of the molecule is COCCOC1C(Br)CC1Oc1c(C)cccc1[N+](=O)[O-].